The second kappa shape index (κ2) is 6.36. The number of anilines is 1. The Labute approximate surface area is 140 Å². The summed E-state index contributed by atoms with van der Waals surface area (Å²) in [4.78, 5) is 25.5. The molecular formula is C15H10Cl2N2O4. The lowest BCUT2D eigenvalue weighted by Gasteiger charge is -2.09. The molecule has 118 valence electrons. The minimum atomic E-state index is -0.552. The van der Waals surface area contributed by atoms with Crippen LogP contribution in [0, 0.1) is 0 Å². The molecule has 1 heterocycles. The third-order valence-corrected chi connectivity index (χ3v) is 3.49. The average Bonchev–Trinajstić information content (AvgIpc) is 2.85. The van der Waals surface area contributed by atoms with Gasteiger partial charge < -0.3 is 14.5 Å². The summed E-state index contributed by atoms with van der Waals surface area (Å²) in [5, 5.41) is 3.45. The van der Waals surface area contributed by atoms with E-state index in [2.05, 4.69) is 10.3 Å². The zero-order valence-corrected chi connectivity index (χ0v) is 13.1. The van der Waals surface area contributed by atoms with Crippen molar-refractivity contribution in [3.8, 4) is 5.75 Å². The molecule has 2 N–H and O–H groups in total. The van der Waals surface area contributed by atoms with Gasteiger partial charge in [-0.05, 0) is 36.4 Å². The van der Waals surface area contributed by atoms with Crippen molar-refractivity contribution < 1.29 is 13.9 Å². The van der Waals surface area contributed by atoms with Gasteiger partial charge in [0.15, 0.2) is 12.2 Å². The van der Waals surface area contributed by atoms with Crippen LogP contribution in [0.4, 0.5) is 5.69 Å². The minimum absolute atomic E-state index is 0.221. The maximum absolute atomic E-state index is 11.9. The van der Waals surface area contributed by atoms with Crippen LogP contribution in [-0.4, -0.2) is 17.5 Å². The van der Waals surface area contributed by atoms with Gasteiger partial charge >= 0.3 is 5.76 Å². The first kappa shape index (κ1) is 15.5. The lowest BCUT2D eigenvalue weighted by molar-refractivity contribution is -0.118. The molecule has 3 rings (SSSR count). The maximum Gasteiger partial charge on any atom is 0.417 e. The van der Waals surface area contributed by atoms with Gasteiger partial charge in [0.05, 0.1) is 10.5 Å². The van der Waals surface area contributed by atoms with E-state index in [0.29, 0.717) is 32.6 Å². The van der Waals surface area contributed by atoms with Gasteiger partial charge in [0.2, 0.25) is 0 Å². The number of oxazole rings is 1. The topological polar surface area (TPSA) is 84.3 Å². The Morgan fingerprint density at radius 3 is 2.83 bits per heavy atom. The van der Waals surface area contributed by atoms with Crippen LogP contribution in [0.5, 0.6) is 5.75 Å². The molecule has 0 spiro atoms. The van der Waals surface area contributed by atoms with Gasteiger partial charge in [-0.15, -0.1) is 0 Å². The zero-order chi connectivity index (χ0) is 16.4. The summed E-state index contributed by atoms with van der Waals surface area (Å²) in [6.07, 6.45) is 0. The number of carbonyl (C=O) groups is 1. The summed E-state index contributed by atoms with van der Waals surface area (Å²) in [6, 6.07) is 9.52. The molecule has 0 aliphatic rings. The number of benzene rings is 2. The lowest BCUT2D eigenvalue weighted by Crippen LogP contribution is -2.20. The van der Waals surface area contributed by atoms with Crippen molar-refractivity contribution in [3.63, 3.8) is 0 Å². The van der Waals surface area contributed by atoms with E-state index in [1.807, 2.05) is 0 Å². The number of fused-ring (bicyclic) bond motifs is 1. The first-order valence-electron chi connectivity index (χ1n) is 6.52. The van der Waals surface area contributed by atoms with Crippen molar-refractivity contribution in [3.05, 3.63) is 57.0 Å². The van der Waals surface area contributed by atoms with Gasteiger partial charge in [0.25, 0.3) is 5.91 Å². The highest BCUT2D eigenvalue weighted by Crippen LogP contribution is 2.27. The molecule has 0 radical (unpaired) electrons. The molecule has 6 nitrogen and oxygen atoms in total. The van der Waals surface area contributed by atoms with E-state index in [0.717, 1.165) is 0 Å². The molecule has 3 aromatic rings. The molecule has 0 unspecified atom stereocenters. The van der Waals surface area contributed by atoms with Crippen molar-refractivity contribution in [1.29, 1.82) is 0 Å². The first-order chi connectivity index (χ1) is 11.0. The summed E-state index contributed by atoms with van der Waals surface area (Å²) in [6.45, 7) is -0.221. The van der Waals surface area contributed by atoms with Gasteiger partial charge in [0, 0.05) is 10.7 Å². The number of halogens is 2. The van der Waals surface area contributed by atoms with Crippen LogP contribution in [0.25, 0.3) is 11.1 Å². The van der Waals surface area contributed by atoms with Crippen molar-refractivity contribution in [2.45, 2.75) is 0 Å². The summed E-state index contributed by atoms with van der Waals surface area (Å²) >= 11 is 11.7. The van der Waals surface area contributed by atoms with Gasteiger partial charge in [-0.1, -0.05) is 23.2 Å². The van der Waals surface area contributed by atoms with Gasteiger partial charge in [-0.3, -0.25) is 9.78 Å². The fourth-order valence-electron chi connectivity index (χ4n) is 1.96. The standard InChI is InChI=1S/C15H10Cl2N2O4/c16-8-1-3-12(10(17)5-8)22-7-14(20)18-9-2-4-13-11(6-9)19-15(21)23-13/h1-6H,7H2,(H,18,20)(H,19,21). The third kappa shape index (κ3) is 3.67. The molecule has 0 aliphatic carbocycles. The van der Waals surface area contributed by atoms with E-state index >= 15 is 0 Å². The average molecular weight is 353 g/mol. The van der Waals surface area contributed by atoms with E-state index < -0.39 is 5.76 Å². The molecule has 2 aromatic carbocycles. The highest BCUT2D eigenvalue weighted by atomic mass is 35.5. The Kier molecular flexibility index (Phi) is 4.27. The minimum Gasteiger partial charge on any atom is -0.482 e. The first-order valence-corrected chi connectivity index (χ1v) is 7.27. The fourth-order valence-corrected chi connectivity index (χ4v) is 2.43. The van der Waals surface area contributed by atoms with E-state index in [9.17, 15) is 9.59 Å². The van der Waals surface area contributed by atoms with Crippen LogP contribution in [0.3, 0.4) is 0 Å². The predicted octanol–water partition coefficient (Wildman–Crippen LogP) is 3.45. The van der Waals surface area contributed by atoms with Gasteiger partial charge in [-0.25, -0.2) is 4.79 Å². The molecule has 0 fully saturated rings. The van der Waals surface area contributed by atoms with Crippen molar-refractivity contribution in [1.82, 2.24) is 4.98 Å². The smallest absolute Gasteiger partial charge is 0.417 e. The number of amides is 1. The molecule has 0 aliphatic heterocycles. The van der Waals surface area contributed by atoms with Crippen LogP contribution in [-0.2, 0) is 4.79 Å². The normalized spacial score (nSPS) is 10.7. The number of H-pyrrole nitrogens is 1. The number of ether oxygens (including phenoxy) is 1. The maximum atomic E-state index is 11.9. The van der Waals surface area contributed by atoms with Crippen LogP contribution in [0.1, 0.15) is 0 Å². The Balaban J connectivity index is 1.64. The summed E-state index contributed by atoms with van der Waals surface area (Å²) < 4.78 is 10.2. The molecule has 0 atom stereocenters. The predicted molar refractivity (Wildman–Crippen MR) is 87.4 cm³/mol. The number of hydrogen-bond donors (Lipinski definition) is 2. The number of aromatic amines is 1. The quantitative estimate of drug-likeness (QED) is 0.753. The van der Waals surface area contributed by atoms with Crippen molar-refractivity contribution >= 4 is 45.9 Å². The van der Waals surface area contributed by atoms with Gasteiger partial charge in [-0.2, -0.15) is 0 Å². The van der Waals surface area contributed by atoms with Crippen LogP contribution in [0.15, 0.2) is 45.6 Å². The summed E-state index contributed by atoms with van der Waals surface area (Å²) in [5.41, 5.74) is 1.41. The SMILES string of the molecule is O=C(COc1ccc(Cl)cc1Cl)Nc1ccc2oc(=O)[nH]c2c1. The Hall–Kier alpha value is -2.44. The van der Waals surface area contributed by atoms with E-state index in [4.69, 9.17) is 32.4 Å². The molecule has 1 amide bonds. The molecule has 8 heteroatoms. The molecule has 0 saturated heterocycles. The number of hydrogen-bond acceptors (Lipinski definition) is 4. The highest BCUT2D eigenvalue weighted by Gasteiger charge is 2.08. The van der Waals surface area contributed by atoms with E-state index in [-0.39, 0.29) is 12.5 Å². The second-order valence-corrected chi connectivity index (χ2v) is 5.48. The second-order valence-electron chi connectivity index (χ2n) is 4.64. The molecule has 0 bridgehead atoms. The number of carbonyl (C=O) groups excluding carboxylic acids is 1. The fraction of sp³-hybridized carbons (Fsp3) is 0.0667. The Morgan fingerprint density at radius 2 is 2.04 bits per heavy atom. The van der Waals surface area contributed by atoms with Crippen LogP contribution in [0.2, 0.25) is 10.0 Å². The van der Waals surface area contributed by atoms with E-state index in [1.54, 1.807) is 30.3 Å². The largest absolute Gasteiger partial charge is 0.482 e. The Bertz CT molecular complexity index is 933. The summed E-state index contributed by atoms with van der Waals surface area (Å²) in [5.74, 6) is -0.564. The molecular weight excluding hydrogens is 343 g/mol. The lowest BCUT2D eigenvalue weighted by atomic mass is 10.3. The number of nitrogens with one attached hydrogen (secondary N) is 2. The van der Waals surface area contributed by atoms with Crippen LogP contribution >= 0.6 is 23.2 Å². The Morgan fingerprint density at radius 1 is 1.22 bits per heavy atom. The highest BCUT2D eigenvalue weighted by molar-refractivity contribution is 6.35. The molecule has 23 heavy (non-hydrogen) atoms. The van der Waals surface area contributed by atoms with E-state index in [1.165, 1.54) is 6.07 Å². The van der Waals surface area contributed by atoms with Crippen molar-refractivity contribution in [2.75, 3.05) is 11.9 Å². The monoisotopic (exact) mass is 352 g/mol. The summed E-state index contributed by atoms with van der Waals surface area (Å²) in [7, 11) is 0. The molecule has 1 aromatic heterocycles. The number of aromatic nitrogens is 1. The van der Waals surface area contributed by atoms with Crippen molar-refractivity contribution in [2.24, 2.45) is 0 Å². The number of rotatable bonds is 4. The third-order valence-electron chi connectivity index (χ3n) is 2.96. The molecule has 0 saturated carbocycles. The van der Waals surface area contributed by atoms with Crippen LogP contribution < -0.4 is 15.8 Å². The zero-order valence-electron chi connectivity index (χ0n) is 11.6. The van der Waals surface area contributed by atoms with Gasteiger partial charge in [0.1, 0.15) is 5.75 Å².